The molecule has 0 bridgehead atoms. The van der Waals surface area contributed by atoms with Crippen molar-refractivity contribution in [1.82, 2.24) is 4.90 Å². The highest BCUT2D eigenvalue weighted by Gasteiger charge is 2.22. The number of hydrogen-bond acceptors (Lipinski definition) is 3. The molecule has 0 saturated carbocycles. The van der Waals surface area contributed by atoms with E-state index in [0.717, 1.165) is 17.4 Å². The molecule has 1 aliphatic carbocycles. The Bertz CT molecular complexity index is 879. The molecular weight excluding hydrogens is 260 g/mol. The van der Waals surface area contributed by atoms with Gasteiger partial charge < -0.3 is 9.74 Å². The Kier molecular flexibility index (Phi) is 2.61. The first-order valence-corrected chi connectivity index (χ1v) is 7.08. The minimum atomic E-state index is 0.884. The average molecular weight is 276 g/mol. The van der Waals surface area contributed by atoms with E-state index < -0.39 is 0 Å². The van der Waals surface area contributed by atoms with Crippen LogP contribution in [-0.4, -0.2) is 25.2 Å². The zero-order valence-electron chi connectivity index (χ0n) is 12.1. The van der Waals surface area contributed by atoms with Crippen LogP contribution in [-0.2, 0) is 6.42 Å². The molecule has 4 rings (SSSR count). The van der Waals surface area contributed by atoms with Crippen LogP contribution in [0.2, 0.25) is 0 Å². The predicted octanol–water partition coefficient (Wildman–Crippen LogP) is 1.47. The van der Waals surface area contributed by atoms with Gasteiger partial charge in [0.2, 0.25) is 0 Å². The lowest BCUT2D eigenvalue weighted by Crippen LogP contribution is -2.30. The first kappa shape index (κ1) is 12.2. The summed E-state index contributed by atoms with van der Waals surface area (Å²) in [6.07, 6.45) is 4.58. The Balaban J connectivity index is 2.13. The molecule has 0 radical (unpaired) electrons. The Labute approximate surface area is 123 Å². The second kappa shape index (κ2) is 4.48. The first-order valence-electron chi connectivity index (χ1n) is 7.08. The molecule has 1 aliphatic heterocycles. The van der Waals surface area contributed by atoms with E-state index in [0.29, 0.717) is 0 Å². The van der Waals surface area contributed by atoms with Gasteiger partial charge in [0, 0.05) is 42.1 Å². The summed E-state index contributed by atoms with van der Waals surface area (Å²) in [5.41, 5.74) is 5.11. The highest BCUT2D eigenvalue weighted by Crippen LogP contribution is 2.28. The molecular formula is C18H16N2O. The summed E-state index contributed by atoms with van der Waals surface area (Å²) in [5.74, 6) is 0.892. The Hall–Kier alpha value is -2.55. The van der Waals surface area contributed by atoms with Gasteiger partial charge >= 0.3 is 0 Å². The van der Waals surface area contributed by atoms with Crippen molar-refractivity contribution < 1.29 is 4.84 Å². The van der Waals surface area contributed by atoms with Gasteiger partial charge in [0.05, 0.1) is 11.9 Å². The molecule has 3 nitrogen and oxygen atoms in total. The molecule has 0 amide bonds. The molecule has 3 heteroatoms. The van der Waals surface area contributed by atoms with Crippen molar-refractivity contribution in [3.8, 4) is 5.75 Å². The quantitative estimate of drug-likeness (QED) is 0.788. The van der Waals surface area contributed by atoms with Gasteiger partial charge in [-0.05, 0) is 11.6 Å². The molecule has 0 saturated heterocycles. The molecule has 2 aromatic carbocycles. The highest BCUT2D eigenvalue weighted by molar-refractivity contribution is 5.92. The van der Waals surface area contributed by atoms with Crippen LogP contribution in [0, 0.1) is 0 Å². The van der Waals surface area contributed by atoms with Gasteiger partial charge in [-0.1, -0.05) is 41.6 Å². The van der Waals surface area contributed by atoms with Crippen LogP contribution in [0.25, 0.3) is 11.8 Å². The summed E-state index contributed by atoms with van der Waals surface area (Å²) in [5, 5.41) is 6.29. The molecule has 2 aromatic rings. The third kappa shape index (κ3) is 1.77. The molecule has 21 heavy (non-hydrogen) atoms. The summed E-state index contributed by atoms with van der Waals surface area (Å²) >= 11 is 0. The lowest BCUT2D eigenvalue weighted by molar-refractivity contribution is 0.335. The largest absolute Gasteiger partial charge is 0.377 e. The standard InChI is InChI=1S/C18H16N2O/c1-20(2)17-14-6-4-3-5-13(14)11-16-15(17)8-7-12-9-10-19-21-18(12)16/h3-10H,11H2,1-2H3. The summed E-state index contributed by atoms with van der Waals surface area (Å²) < 4.78 is 0. The number of hydrogen-bond donors (Lipinski definition) is 0. The predicted molar refractivity (Wildman–Crippen MR) is 84.7 cm³/mol. The van der Waals surface area contributed by atoms with Gasteiger partial charge in [0.1, 0.15) is 0 Å². The third-order valence-corrected chi connectivity index (χ3v) is 4.09. The highest BCUT2D eigenvalue weighted by atomic mass is 16.6. The van der Waals surface area contributed by atoms with E-state index in [4.69, 9.17) is 4.84 Å². The molecule has 0 unspecified atom stereocenters. The number of oxime groups is 1. The van der Waals surface area contributed by atoms with Crippen LogP contribution in [0.3, 0.4) is 0 Å². The summed E-state index contributed by atoms with van der Waals surface area (Å²) in [6.45, 7) is 0. The lowest BCUT2D eigenvalue weighted by atomic mass is 9.88. The van der Waals surface area contributed by atoms with Crippen molar-refractivity contribution in [2.75, 3.05) is 14.1 Å². The monoisotopic (exact) mass is 276 g/mol. The topological polar surface area (TPSA) is 24.8 Å². The molecule has 0 aromatic heterocycles. The number of rotatable bonds is 1. The van der Waals surface area contributed by atoms with Crippen LogP contribution in [0.15, 0.2) is 41.6 Å². The Morgan fingerprint density at radius 2 is 1.95 bits per heavy atom. The summed E-state index contributed by atoms with van der Waals surface area (Å²) in [6, 6.07) is 12.9. The maximum absolute atomic E-state index is 5.57. The van der Waals surface area contributed by atoms with Gasteiger partial charge in [-0.25, -0.2) is 0 Å². The number of fused-ring (bicyclic) bond motifs is 4. The van der Waals surface area contributed by atoms with Gasteiger partial charge in [0.15, 0.2) is 5.75 Å². The smallest absolute Gasteiger partial charge is 0.169 e. The van der Waals surface area contributed by atoms with Crippen LogP contribution in [0.5, 0.6) is 5.75 Å². The van der Waals surface area contributed by atoms with Gasteiger partial charge in [-0.2, -0.15) is 0 Å². The second-order valence-electron chi connectivity index (χ2n) is 5.60. The summed E-state index contributed by atoms with van der Waals surface area (Å²) in [4.78, 5) is 7.75. The third-order valence-electron chi connectivity index (χ3n) is 4.09. The zero-order valence-corrected chi connectivity index (χ0v) is 12.1. The zero-order chi connectivity index (χ0) is 14.4. The Morgan fingerprint density at radius 1 is 1.10 bits per heavy atom. The molecule has 0 atom stereocenters. The molecule has 0 fully saturated rings. The van der Waals surface area contributed by atoms with Gasteiger partial charge in [-0.3, -0.25) is 0 Å². The van der Waals surface area contributed by atoms with E-state index in [-0.39, 0.29) is 0 Å². The molecule has 2 aliphatic rings. The fourth-order valence-electron chi connectivity index (χ4n) is 3.20. The van der Waals surface area contributed by atoms with Crippen molar-refractivity contribution in [1.29, 1.82) is 0 Å². The minimum absolute atomic E-state index is 0.884. The van der Waals surface area contributed by atoms with Crippen molar-refractivity contribution in [2.24, 2.45) is 5.16 Å². The molecule has 1 heterocycles. The van der Waals surface area contributed by atoms with E-state index in [9.17, 15) is 0 Å². The SMILES string of the molecule is CN(C)C1=c2ccc3c(c2Cc2ccccc21)ON=CC=3. The molecule has 0 spiro atoms. The minimum Gasteiger partial charge on any atom is -0.377 e. The lowest BCUT2D eigenvalue weighted by Gasteiger charge is -2.26. The van der Waals surface area contributed by atoms with Crippen molar-refractivity contribution >= 4 is 18.0 Å². The van der Waals surface area contributed by atoms with Gasteiger partial charge in [-0.15, -0.1) is 0 Å². The van der Waals surface area contributed by atoms with E-state index >= 15 is 0 Å². The average Bonchev–Trinajstić information content (AvgIpc) is 2.52. The van der Waals surface area contributed by atoms with Crippen molar-refractivity contribution in [3.63, 3.8) is 0 Å². The van der Waals surface area contributed by atoms with Crippen molar-refractivity contribution in [3.05, 3.63) is 63.5 Å². The fourth-order valence-corrected chi connectivity index (χ4v) is 3.20. The van der Waals surface area contributed by atoms with Crippen LogP contribution in [0.1, 0.15) is 16.7 Å². The normalized spacial score (nSPS) is 14.5. The Morgan fingerprint density at radius 3 is 2.81 bits per heavy atom. The van der Waals surface area contributed by atoms with E-state index in [1.807, 2.05) is 6.08 Å². The molecule has 0 N–H and O–H groups in total. The number of benzene rings is 2. The molecule has 104 valence electrons. The van der Waals surface area contributed by atoms with Crippen LogP contribution >= 0.6 is 0 Å². The second-order valence-corrected chi connectivity index (χ2v) is 5.60. The van der Waals surface area contributed by atoms with Crippen LogP contribution < -0.4 is 15.3 Å². The fraction of sp³-hybridized carbons (Fsp3) is 0.167. The maximum Gasteiger partial charge on any atom is 0.169 e. The van der Waals surface area contributed by atoms with E-state index in [2.05, 4.69) is 60.5 Å². The summed E-state index contributed by atoms with van der Waals surface area (Å²) in [7, 11) is 4.18. The van der Waals surface area contributed by atoms with Gasteiger partial charge in [0.25, 0.3) is 0 Å². The first-order chi connectivity index (χ1) is 10.3. The van der Waals surface area contributed by atoms with Crippen LogP contribution in [0.4, 0.5) is 0 Å². The van der Waals surface area contributed by atoms with E-state index in [1.165, 1.54) is 27.6 Å². The van der Waals surface area contributed by atoms with Crippen molar-refractivity contribution in [2.45, 2.75) is 6.42 Å². The number of nitrogens with zero attached hydrogens (tertiary/aromatic N) is 2. The maximum atomic E-state index is 5.57. The van der Waals surface area contributed by atoms with E-state index in [1.54, 1.807) is 6.21 Å².